The van der Waals surface area contributed by atoms with E-state index < -0.39 is 0 Å². The summed E-state index contributed by atoms with van der Waals surface area (Å²) in [5, 5.41) is 9.21. The number of aromatic nitrogens is 1. The first-order chi connectivity index (χ1) is 7.74. The minimum atomic E-state index is -0.379. The number of nitrogens with two attached hydrogens (primary N) is 1. The fourth-order valence-corrected chi connectivity index (χ4v) is 1.56. The van der Waals surface area contributed by atoms with Crippen molar-refractivity contribution in [1.82, 2.24) is 4.98 Å². The SMILES string of the molecule is Cl.Nc1ccnc(-c2ccccc2F)c1CO. The first-order valence-corrected chi connectivity index (χ1v) is 4.83. The first kappa shape index (κ1) is 13.4. The molecular weight excluding hydrogens is 243 g/mol. The van der Waals surface area contributed by atoms with Crippen LogP contribution in [-0.2, 0) is 6.61 Å². The van der Waals surface area contributed by atoms with E-state index in [0.717, 1.165) is 0 Å². The highest BCUT2D eigenvalue weighted by molar-refractivity contribution is 5.85. The van der Waals surface area contributed by atoms with Gasteiger partial charge in [0, 0.05) is 23.0 Å². The van der Waals surface area contributed by atoms with Crippen molar-refractivity contribution in [1.29, 1.82) is 0 Å². The monoisotopic (exact) mass is 254 g/mol. The molecule has 2 aromatic rings. The van der Waals surface area contributed by atoms with E-state index in [4.69, 9.17) is 5.73 Å². The molecule has 0 aliphatic heterocycles. The third-order valence-corrected chi connectivity index (χ3v) is 2.38. The maximum atomic E-state index is 13.6. The summed E-state index contributed by atoms with van der Waals surface area (Å²) in [6.45, 7) is -0.261. The van der Waals surface area contributed by atoms with Crippen LogP contribution in [0.5, 0.6) is 0 Å². The van der Waals surface area contributed by atoms with Crippen LogP contribution < -0.4 is 5.73 Å². The quantitative estimate of drug-likeness (QED) is 0.865. The van der Waals surface area contributed by atoms with Crippen LogP contribution in [0, 0.1) is 5.82 Å². The molecule has 3 N–H and O–H groups in total. The van der Waals surface area contributed by atoms with Gasteiger partial charge in [-0.05, 0) is 18.2 Å². The van der Waals surface area contributed by atoms with E-state index in [0.29, 0.717) is 22.5 Å². The van der Waals surface area contributed by atoms with E-state index in [1.807, 2.05) is 0 Å². The molecule has 1 aromatic carbocycles. The predicted octanol–water partition coefficient (Wildman–Crippen LogP) is 2.38. The number of anilines is 1. The van der Waals surface area contributed by atoms with Gasteiger partial charge in [0.1, 0.15) is 5.82 Å². The van der Waals surface area contributed by atoms with Gasteiger partial charge in [0.25, 0.3) is 0 Å². The minimum absolute atomic E-state index is 0. The molecular formula is C12H12ClFN2O. The number of nitrogen functional groups attached to an aromatic ring is 1. The normalized spacial score (nSPS) is 9.76. The average Bonchev–Trinajstić information content (AvgIpc) is 2.29. The van der Waals surface area contributed by atoms with E-state index in [1.54, 1.807) is 24.3 Å². The molecule has 1 aromatic heterocycles. The van der Waals surface area contributed by atoms with Crippen molar-refractivity contribution in [2.24, 2.45) is 0 Å². The third-order valence-electron chi connectivity index (χ3n) is 2.38. The van der Waals surface area contributed by atoms with Gasteiger partial charge in [-0.15, -0.1) is 12.4 Å². The van der Waals surface area contributed by atoms with Gasteiger partial charge in [0.2, 0.25) is 0 Å². The van der Waals surface area contributed by atoms with Crippen molar-refractivity contribution in [2.45, 2.75) is 6.61 Å². The summed E-state index contributed by atoms with van der Waals surface area (Å²) >= 11 is 0. The second-order valence-corrected chi connectivity index (χ2v) is 3.37. The smallest absolute Gasteiger partial charge is 0.132 e. The van der Waals surface area contributed by atoms with Gasteiger partial charge in [-0.25, -0.2) is 4.39 Å². The summed E-state index contributed by atoms with van der Waals surface area (Å²) in [6, 6.07) is 7.85. The Morgan fingerprint density at radius 2 is 1.94 bits per heavy atom. The largest absolute Gasteiger partial charge is 0.398 e. The van der Waals surface area contributed by atoms with E-state index in [9.17, 15) is 9.50 Å². The first-order valence-electron chi connectivity index (χ1n) is 4.83. The third kappa shape index (κ3) is 2.54. The molecule has 3 nitrogen and oxygen atoms in total. The highest BCUT2D eigenvalue weighted by Crippen LogP contribution is 2.27. The fraction of sp³-hybridized carbons (Fsp3) is 0.0833. The Morgan fingerprint density at radius 3 is 2.59 bits per heavy atom. The molecule has 5 heteroatoms. The highest BCUT2D eigenvalue weighted by Gasteiger charge is 2.12. The van der Waals surface area contributed by atoms with Crippen molar-refractivity contribution in [3.63, 3.8) is 0 Å². The Morgan fingerprint density at radius 1 is 1.24 bits per heavy atom. The number of hydrogen-bond acceptors (Lipinski definition) is 3. The van der Waals surface area contributed by atoms with E-state index in [2.05, 4.69) is 4.98 Å². The van der Waals surface area contributed by atoms with Crippen LogP contribution in [-0.4, -0.2) is 10.1 Å². The maximum absolute atomic E-state index is 13.6. The highest BCUT2D eigenvalue weighted by atomic mass is 35.5. The Hall–Kier alpha value is -1.65. The van der Waals surface area contributed by atoms with Crippen LogP contribution >= 0.6 is 12.4 Å². The number of nitrogens with zero attached hydrogens (tertiary/aromatic N) is 1. The van der Waals surface area contributed by atoms with E-state index in [-0.39, 0.29) is 24.8 Å². The molecule has 0 unspecified atom stereocenters. The molecule has 17 heavy (non-hydrogen) atoms. The second kappa shape index (κ2) is 5.61. The molecule has 1 heterocycles. The standard InChI is InChI=1S/C12H11FN2O.ClH/c13-10-4-2-1-3-8(10)12-9(7-16)11(14)5-6-15-12;/h1-6,16H,7H2,(H2,14,15);1H. The number of rotatable bonds is 2. The molecule has 0 spiro atoms. The summed E-state index contributed by atoms with van der Waals surface area (Å²) in [7, 11) is 0. The van der Waals surface area contributed by atoms with Crippen LogP contribution in [0.4, 0.5) is 10.1 Å². The molecule has 0 bridgehead atoms. The Labute approximate surface area is 105 Å². The van der Waals surface area contributed by atoms with Gasteiger partial charge >= 0.3 is 0 Å². The summed E-state index contributed by atoms with van der Waals surface area (Å²) in [5.74, 6) is -0.379. The summed E-state index contributed by atoms with van der Waals surface area (Å²) < 4.78 is 13.6. The van der Waals surface area contributed by atoms with E-state index >= 15 is 0 Å². The molecule has 0 fully saturated rings. The number of aliphatic hydroxyl groups is 1. The van der Waals surface area contributed by atoms with E-state index in [1.165, 1.54) is 12.3 Å². The summed E-state index contributed by atoms with van der Waals surface area (Å²) in [5.41, 5.74) is 7.30. The molecule has 0 atom stereocenters. The minimum Gasteiger partial charge on any atom is -0.398 e. The van der Waals surface area contributed by atoms with Crippen LogP contribution in [0.1, 0.15) is 5.56 Å². The zero-order chi connectivity index (χ0) is 11.5. The van der Waals surface area contributed by atoms with Gasteiger partial charge in [-0.3, -0.25) is 4.98 Å². The van der Waals surface area contributed by atoms with Crippen LogP contribution in [0.3, 0.4) is 0 Å². The number of pyridine rings is 1. The zero-order valence-corrected chi connectivity index (χ0v) is 9.75. The second-order valence-electron chi connectivity index (χ2n) is 3.37. The van der Waals surface area contributed by atoms with Crippen molar-refractivity contribution < 1.29 is 9.50 Å². The van der Waals surface area contributed by atoms with Crippen molar-refractivity contribution in [3.8, 4) is 11.3 Å². The van der Waals surface area contributed by atoms with Crippen molar-refractivity contribution >= 4 is 18.1 Å². The molecule has 90 valence electrons. The number of benzene rings is 1. The Kier molecular flexibility index (Phi) is 4.43. The molecule has 0 saturated carbocycles. The van der Waals surface area contributed by atoms with Gasteiger partial charge in [0.05, 0.1) is 12.3 Å². The average molecular weight is 255 g/mol. The summed E-state index contributed by atoms with van der Waals surface area (Å²) in [4.78, 5) is 4.06. The molecule has 0 aliphatic carbocycles. The lowest BCUT2D eigenvalue weighted by atomic mass is 10.0. The van der Waals surface area contributed by atoms with Crippen molar-refractivity contribution in [3.05, 3.63) is 47.9 Å². The lowest BCUT2D eigenvalue weighted by molar-refractivity contribution is 0.282. The predicted molar refractivity (Wildman–Crippen MR) is 67.2 cm³/mol. The Balaban J connectivity index is 0.00000144. The topological polar surface area (TPSA) is 59.1 Å². The van der Waals surface area contributed by atoms with Crippen LogP contribution in [0.25, 0.3) is 11.3 Å². The van der Waals surface area contributed by atoms with Crippen molar-refractivity contribution in [2.75, 3.05) is 5.73 Å². The fourth-order valence-electron chi connectivity index (χ4n) is 1.56. The maximum Gasteiger partial charge on any atom is 0.132 e. The molecule has 0 amide bonds. The number of hydrogen-bond donors (Lipinski definition) is 2. The van der Waals surface area contributed by atoms with Crippen LogP contribution in [0.15, 0.2) is 36.5 Å². The Bertz CT molecular complexity index is 520. The lowest BCUT2D eigenvalue weighted by Crippen LogP contribution is -2.00. The lowest BCUT2D eigenvalue weighted by Gasteiger charge is -2.09. The molecule has 0 radical (unpaired) electrons. The number of halogens is 2. The summed E-state index contributed by atoms with van der Waals surface area (Å²) in [6.07, 6.45) is 1.50. The van der Waals surface area contributed by atoms with Gasteiger partial charge < -0.3 is 10.8 Å². The van der Waals surface area contributed by atoms with Crippen LogP contribution in [0.2, 0.25) is 0 Å². The zero-order valence-electron chi connectivity index (χ0n) is 8.93. The molecule has 0 saturated heterocycles. The number of aliphatic hydroxyl groups excluding tert-OH is 1. The van der Waals surface area contributed by atoms with Gasteiger partial charge in [-0.1, -0.05) is 12.1 Å². The molecule has 2 rings (SSSR count). The van der Waals surface area contributed by atoms with Gasteiger partial charge in [0.15, 0.2) is 0 Å². The molecule has 0 aliphatic rings. The van der Waals surface area contributed by atoms with Gasteiger partial charge in [-0.2, -0.15) is 0 Å².